The van der Waals surface area contributed by atoms with Crippen molar-refractivity contribution in [3.05, 3.63) is 150 Å². The molecular weight excluding hydrogens is 705 g/mol. The second-order valence-electron chi connectivity index (χ2n) is 10.6. The Morgan fingerprint density at radius 2 is 0.960 bits per heavy atom. The predicted molar refractivity (Wildman–Crippen MR) is 199 cm³/mol. The summed E-state index contributed by atoms with van der Waals surface area (Å²) in [5, 5.41) is 17.2. The molecule has 0 fully saturated rings. The van der Waals surface area contributed by atoms with Crippen LogP contribution in [0.3, 0.4) is 0 Å². The third kappa shape index (κ3) is 9.95. The summed E-state index contributed by atoms with van der Waals surface area (Å²) in [5.41, 5.74) is 4.81. The van der Waals surface area contributed by atoms with Gasteiger partial charge in [0.05, 0.1) is 28.4 Å². The van der Waals surface area contributed by atoms with Crippen molar-refractivity contribution in [2.75, 3.05) is 28.4 Å². The summed E-state index contributed by atoms with van der Waals surface area (Å²) < 4.78 is 50.2. The Hall–Kier alpha value is -5.16. The van der Waals surface area contributed by atoms with Crippen molar-refractivity contribution in [2.24, 2.45) is 0 Å². The minimum absolute atomic E-state index is 0.295. The first kappa shape index (κ1) is 37.7. The van der Waals surface area contributed by atoms with Crippen LogP contribution in [0.5, 0.6) is 23.0 Å². The van der Waals surface area contributed by atoms with Crippen LogP contribution < -0.4 is 24.4 Å². The smallest absolute Gasteiger partial charge is 0.488 e. The van der Waals surface area contributed by atoms with Crippen molar-refractivity contribution in [2.45, 2.75) is 0 Å². The lowest BCUT2D eigenvalue weighted by atomic mass is 9.81. The Bertz CT molecular complexity index is 1980. The van der Waals surface area contributed by atoms with Gasteiger partial charge >= 0.3 is 7.12 Å². The molecule has 0 aromatic heterocycles. The van der Waals surface area contributed by atoms with Crippen LogP contribution in [-0.2, 0) is 0 Å². The molecular formula is C40H36BBrF2O6. The first-order valence-electron chi connectivity index (χ1n) is 15.3. The van der Waals surface area contributed by atoms with Crippen molar-refractivity contribution in [3.8, 4) is 56.4 Å². The largest absolute Gasteiger partial charge is 0.497 e. The van der Waals surface area contributed by atoms with Crippen LogP contribution in [0.25, 0.3) is 33.4 Å². The monoisotopic (exact) mass is 740 g/mol. The molecule has 0 saturated heterocycles. The van der Waals surface area contributed by atoms with Gasteiger partial charge in [0.2, 0.25) is 0 Å². The molecule has 0 amide bonds. The molecule has 0 spiro atoms. The zero-order valence-electron chi connectivity index (χ0n) is 27.9. The zero-order chi connectivity index (χ0) is 36.0. The van der Waals surface area contributed by atoms with Gasteiger partial charge in [-0.1, -0.05) is 82.7 Å². The van der Waals surface area contributed by atoms with Gasteiger partial charge in [0.15, 0.2) is 0 Å². The summed E-state index contributed by atoms with van der Waals surface area (Å²) in [6.45, 7) is 0. The lowest BCUT2D eigenvalue weighted by Crippen LogP contribution is -2.29. The highest BCUT2D eigenvalue weighted by Crippen LogP contribution is 2.38. The normalized spacial score (nSPS) is 10.1. The van der Waals surface area contributed by atoms with E-state index >= 15 is 0 Å². The fourth-order valence-electron chi connectivity index (χ4n) is 4.92. The quantitative estimate of drug-likeness (QED) is 0.152. The topological polar surface area (TPSA) is 77.4 Å². The molecule has 0 aliphatic carbocycles. The first-order chi connectivity index (χ1) is 24.2. The first-order valence-corrected chi connectivity index (χ1v) is 16.1. The molecule has 0 bridgehead atoms. The van der Waals surface area contributed by atoms with Gasteiger partial charge < -0.3 is 29.0 Å². The number of ether oxygens (including phenoxy) is 4. The standard InChI is InChI=1S/C20H17FO2.C14H12BrFO2.C6H7BO2/c1-22-16-9-11-20(23-2)18(13-16)17-12-15(8-10-19(17)21)14-6-4-3-5-7-14;1-17-10-4-6-14(18-2)12(8-10)11-7-9(15)3-5-13(11)16;8-7(9)6-4-2-1-3-5-6/h3-13H,1-2H3;3-8H,1-2H3;1-5,8-9H. The molecule has 50 heavy (non-hydrogen) atoms. The molecule has 2 N–H and O–H groups in total. The lowest BCUT2D eigenvalue weighted by Gasteiger charge is -2.13. The second-order valence-corrected chi connectivity index (χ2v) is 11.5. The summed E-state index contributed by atoms with van der Waals surface area (Å²) in [4.78, 5) is 0. The van der Waals surface area contributed by atoms with Crippen LogP contribution in [0.1, 0.15) is 0 Å². The van der Waals surface area contributed by atoms with Crippen LogP contribution >= 0.6 is 15.9 Å². The fourth-order valence-corrected chi connectivity index (χ4v) is 5.28. The number of rotatable bonds is 8. The SMILES string of the molecule is COc1ccc(OC)c(-c2cc(-c3ccccc3)ccc2F)c1.COc1ccc(OC)c(-c2cc(Br)ccc2F)c1.OB(O)c1ccccc1. The van der Waals surface area contributed by atoms with Gasteiger partial charge in [-0.2, -0.15) is 0 Å². The van der Waals surface area contributed by atoms with Gasteiger partial charge in [-0.15, -0.1) is 0 Å². The van der Waals surface area contributed by atoms with E-state index in [2.05, 4.69) is 15.9 Å². The predicted octanol–water partition coefficient (Wildman–Crippen LogP) is 8.82. The highest BCUT2D eigenvalue weighted by molar-refractivity contribution is 9.10. The van der Waals surface area contributed by atoms with E-state index < -0.39 is 7.12 Å². The molecule has 0 unspecified atom stereocenters. The zero-order valence-corrected chi connectivity index (χ0v) is 29.5. The van der Waals surface area contributed by atoms with E-state index in [1.807, 2.05) is 42.5 Å². The molecule has 6 nitrogen and oxygen atoms in total. The summed E-state index contributed by atoms with van der Waals surface area (Å²) in [7, 11) is 4.95. The lowest BCUT2D eigenvalue weighted by molar-refractivity contribution is 0.404. The molecule has 0 heterocycles. The van der Waals surface area contributed by atoms with E-state index in [4.69, 9.17) is 29.0 Å². The van der Waals surface area contributed by atoms with E-state index in [0.29, 0.717) is 50.7 Å². The van der Waals surface area contributed by atoms with Crippen molar-refractivity contribution < 1.29 is 37.8 Å². The summed E-state index contributed by atoms with van der Waals surface area (Å²) in [6, 6.07) is 39.1. The Morgan fingerprint density at radius 1 is 0.480 bits per heavy atom. The van der Waals surface area contributed by atoms with Gasteiger partial charge in [-0.3, -0.25) is 0 Å². The minimum atomic E-state index is -1.34. The molecule has 256 valence electrons. The number of methoxy groups -OCH3 is 4. The molecule has 0 atom stereocenters. The van der Waals surface area contributed by atoms with Gasteiger partial charge in [-0.25, -0.2) is 8.78 Å². The molecule has 6 aromatic carbocycles. The molecule has 0 aliphatic rings. The van der Waals surface area contributed by atoms with Crippen molar-refractivity contribution >= 4 is 28.5 Å². The minimum Gasteiger partial charge on any atom is -0.497 e. The molecule has 0 radical (unpaired) electrons. The van der Waals surface area contributed by atoms with Crippen molar-refractivity contribution in [3.63, 3.8) is 0 Å². The molecule has 6 rings (SSSR count). The molecule has 6 aromatic rings. The number of hydrogen-bond donors (Lipinski definition) is 2. The summed E-state index contributed by atoms with van der Waals surface area (Å²) >= 11 is 3.34. The van der Waals surface area contributed by atoms with Gasteiger partial charge in [-0.05, 0) is 83.3 Å². The van der Waals surface area contributed by atoms with E-state index in [1.165, 1.54) is 12.1 Å². The molecule has 0 aliphatic heterocycles. The van der Waals surface area contributed by atoms with Crippen molar-refractivity contribution in [1.82, 2.24) is 0 Å². The van der Waals surface area contributed by atoms with Gasteiger partial charge in [0.25, 0.3) is 0 Å². The summed E-state index contributed by atoms with van der Waals surface area (Å²) in [6.07, 6.45) is 0. The Balaban J connectivity index is 0.000000184. The summed E-state index contributed by atoms with van der Waals surface area (Å²) in [5.74, 6) is 1.93. The Kier molecular flexibility index (Phi) is 14.0. The van der Waals surface area contributed by atoms with E-state index in [1.54, 1.807) is 107 Å². The van der Waals surface area contributed by atoms with Crippen LogP contribution in [0.2, 0.25) is 0 Å². The number of halogens is 3. The van der Waals surface area contributed by atoms with Crippen LogP contribution in [0.4, 0.5) is 8.78 Å². The van der Waals surface area contributed by atoms with Gasteiger partial charge in [0, 0.05) is 26.7 Å². The maximum atomic E-state index is 14.4. The maximum Gasteiger partial charge on any atom is 0.488 e. The highest BCUT2D eigenvalue weighted by atomic mass is 79.9. The van der Waals surface area contributed by atoms with Crippen LogP contribution in [-0.4, -0.2) is 45.6 Å². The third-order valence-corrected chi connectivity index (χ3v) is 7.99. The van der Waals surface area contributed by atoms with E-state index in [0.717, 1.165) is 15.6 Å². The fraction of sp³-hybridized carbons (Fsp3) is 0.100. The van der Waals surface area contributed by atoms with E-state index in [-0.39, 0.29) is 11.6 Å². The number of hydrogen-bond acceptors (Lipinski definition) is 6. The van der Waals surface area contributed by atoms with Crippen molar-refractivity contribution in [1.29, 1.82) is 0 Å². The average Bonchev–Trinajstić information content (AvgIpc) is 3.16. The highest BCUT2D eigenvalue weighted by Gasteiger charge is 2.14. The number of benzene rings is 6. The maximum absolute atomic E-state index is 14.4. The molecule has 10 heteroatoms. The van der Waals surface area contributed by atoms with E-state index in [9.17, 15) is 8.78 Å². The third-order valence-electron chi connectivity index (χ3n) is 7.49. The van der Waals surface area contributed by atoms with Gasteiger partial charge in [0.1, 0.15) is 34.6 Å². The Morgan fingerprint density at radius 3 is 1.42 bits per heavy atom. The van der Waals surface area contributed by atoms with Crippen LogP contribution in [0, 0.1) is 11.6 Å². The molecule has 0 saturated carbocycles. The second kappa shape index (κ2) is 18.6. The van der Waals surface area contributed by atoms with Crippen LogP contribution in [0.15, 0.2) is 138 Å². The Labute approximate surface area is 299 Å². The average molecular weight is 741 g/mol.